The van der Waals surface area contributed by atoms with Gasteiger partial charge in [-0.2, -0.15) is 0 Å². The van der Waals surface area contributed by atoms with Gasteiger partial charge in [0, 0.05) is 0 Å². The summed E-state index contributed by atoms with van der Waals surface area (Å²) in [6.45, 7) is 7.87. The highest BCUT2D eigenvalue weighted by Gasteiger charge is 2.58. The average Bonchev–Trinajstić information content (AvgIpc) is 3.05. The molecule has 0 aromatic carbocycles. The van der Waals surface area contributed by atoms with Crippen molar-refractivity contribution in [3.05, 3.63) is 0 Å². The fourth-order valence-electron chi connectivity index (χ4n) is 2.49. The van der Waals surface area contributed by atoms with Crippen LogP contribution >= 0.6 is 0 Å². The molecule has 20 heavy (non-hydrogen) atoms. The molecule has 0 aromatic rings. The molecule has 2 rings (SSSR count). The number of rotatable bonds is 3. The van der Waals surface area contributed by atoms with Gasteiger partial charge in [0.25, 0.3) is 0 Å². The van der Waals surface area contributed by atoms with Crippen LogP contribution in [-0.2, 0) is 14.2 Å². The van der Waals surface area contributed by atoms with Crippen LogP contribution in [0.15, 0.2) is 9.98 Å². The standard InChI is InChI=1S/C14H24N2O4/c1-7(2)9-12(18-5)16-10(13(15-9)19-6)11(17)14(4)8(3)20-14/h7-11,17H,1-6H3/t8-,9+,10-,11-,14-/m1/s1. The Kier molecular flexibility index (Phi) is 4.07. The normalized spacial score (nSPS) is 38.1. The molecule has 2 aliphatic rings. The van der Waals surface area contributed by atoms with Crippen LogP contribution < -0.4 is 0 Å². The molecule has 114 valence electrons. The first-order valence-electron chi connectivity index (χ1n) is 6.94. The number of aliphatic hydroxyl groups is 1. The van der Waals surface area contributed by atoms with Crippen LogP contribution in [0.4, 0.5) is 0 Å². The molecule has 5 atom stereocenters. The van der Waals surface area contributed by atoms with Crippen LogP contribution in [0.1, 0.15) is 27.7 Å². The monoisotopic (exact) mass is 284 g/mol. The van der Waals surface area contributed by atoms with Crippen molar-refractivity contribution >= 4 is 11.8 Å². The van der Waals surface area contributed by atoms with Gasteiger partial charge in [0.1, 0.15) is 17.7 Å². The third-order valence-corrected chi connectivity index (χ3v) is 4.16. The van der Waals surface area contributed by atoms with Gasteiger partial charge < -0.3 is 19.3 Å². The summed E-state index contributed by atoms with van der Waals surface area (Å²) in [5, 5.41) is 10.5. The number of epoxide rings is 1. The zero-order chi connectivity index (χ0) is 15.1. The first kappa shape index (κ1) is 15.3. The number of hydrogen-bond donors (Lipinski definition) is 1. The van der Waals surface area contributed by atoms with Crippen molar-refractivity contribution in [1.29, 1.82) is 0 Å². The zero-order valence-electron chi connectivity index (χ0n) is 13.0. The lowest BCUT2D eigenvalue weighted by Gasteiger charge is -2.30. The highest BCUT2D eigenvalue weighted by atomic mass is 16.6. The van der Waals surface area contributed by atoms with Crippen LogP contribution in [0.25, 0.3) is 0 Å². The second-order valence-electron chi connectivity index (χ2n) is 5.87. The maximum Gasteiger partial charge on any atom is 0.212 e. The summed E-state index contributed by atoms with van der Waals surface area (Å²) >= 11 is 0. The summed E-state index contributed by atoms with van der Waals surface area (Å²) in [6, 6.07) is -0.761. The fraction of sp³-hybridized carbons (Fsp3) is 0.857. The minimum Gasteiger partial charge on any atom is -0.483 e. The van der Waals surface area contributed by atoms with E-state index in [1.807, 2.05) is 27.7 Å². The van der Waals surface area contributed by atoms with E-state index in [4.69, 9.17) is 14.2 Å². The molecule has 1 fully saturated rings. The molecule has 0 spiro atoms. The molecular formula is C14H24N2O4. The third-order valence-electron chi connectivity index (χ3n) is 4.16. The highest BCUT2D eigenvalue weighted by Crippen LogP contribution is 2.41. The molecule has 2 aliphatic heterocycles. The minimum absolute atomic E-state index is 0.000349. The number of ether oxygens (including phenoxy) is 3. The fourth-order valence-corrected chi connectivity index (χ4v) is 2.49. The molecule has 0 unspecified atom stereocenters. The molecule has 2 heterocycles. The zero-order valence-corrected chi connectivity index (χ0v) is 13.0. The van der Waals surface area contributed by atoms with Gasteiger partial charge >= 0.3 is 0 Å². The minimum atomic E-state index is -0.811. The van der Waals surface area contributed by atoms with Crippen LogP contribution in [0.3, 0.4) is 0 Å². The van der Waals surface area contributed by atoms with Crippen LogP contribution in [0.2, 0.25) is 0 Å². The Balaban J connectivity index is 2.28. The van der Waals surface area contributed by atoms with Gasteiger partial charge in [0.05, 0.1) is 20.3 Å². The molecular weight excluding hydrogens is 260 g/mol. The van der Waals surface area contributed by atoms with E-state index in [1.54, 1.807) is 14.2 Å². The Labute approximate surface area is 119 Å². The molecule has 0 bridgehead atoms. The summed E-state index contributed by atoms with van der Waals surface area (Å²) in [5.74, 6) is 1.20. The molecule has 6 heteroatoms. The van der Waals surface area contributed by atoms with E-state index in [0.29, 0.717) is 11.8 Å². The van der Waals surface area contributed by atoms with E-state index in [0.717, 1.165) is 0 Å². The summed E-state index contributed by atoms with van der Waals surface area (Å²) in [7, 11) is 3.12. The van der Waals surface area contributed by atoms with E-state index < -0.39 is 17.7 Å². The van der Waals surface area contributed by atoms with Crippen molar-refractivity contribution in [2.24, 2.45) is 15.9 Å². The average molecular weight is 284 g/mol. The molecule has 1 saturated heterocycles. The summed E-state index contributed by atoms with van der Waals surface area (Å²) in [4.78, 5) is 9.05. The Hall–Kier alpha value is -1.14. The van der Waals surface area contributed by atoms with E-state index in [9.17, 15) is 5.11 Å². The first-order chi connectivity index (χ1) is 9.35. The van der Waals surface area contributed by atoms with Gasteiger partial charge in [-0.25, -0.2) is 9.98 Å². The number of nitrogens with zero attached hydrogens (tertiary/aromatic N) is 2. The maximum absolute atomic E-state index is 10.5. The van der Waals surface area contributed by atoms with Crippen LogP contribution in [0, 0.1) is 5.92 Å². The number of hydrogen-bond acceptors (Lipinski definition) is 6. The third kappa shape index (κ3) is 2.42. The van der Waals surface area contributed by atoms with Crippen molar-refractivity contribution in [2.45, 2.75) is 57.6 Å². The first-order valence-corrected chi connectivity index (χ1v) is 6.94. The SMILES string of the molecule is COC1=N[C@H]([C@@H](O)[C@]2(C)O[C@@H]2C)C(OC)=N[C@H]1C(C)C. The van der Waals surface area contributed by atoms with Crippen molar-refractivity contribution < 1.29 is 19.3 Å². The molecule has 0 saturated carbocycles. The number of methoxy groups -OCH3 is 2. The second kappa shape index (κ2) is 5.33. The lowest BCUT2D eigenvalue weighted by molar-refractivity contribution is 0.0723. The van der Waals surface area contributed by atoms with E-state index >= 15 is 0 Å². The van der Waals surface area contributed by atoms with Gasteiger partial charge in [0.2, 0.25) is 11.8 Å². The van der Waals surface area contributed by atoms with Gasteiger partial charge in [0.15, 0.2) is 6.04 Å². The number of aliphatic hydroxyl groups excluding tert-OH is 1. The van der Waals surface area contributed by atoms with Crippen LogP contribution in [-0.4, -0.2) is 61.0 Å². The van der Waals surface area contributed by atoms with Gasteiger partial charge in [-0.3, -0.25) is 0 Å². The highest BCUT2D eigenvalue weighted by molar-refractivity contribution is 5.94. The summed E-state index contributed by atoms with van der Waals surface area (Å²) in [6.07, 6.45) is -0.811. The van der Waals surface area contributed by atoms with Crippen molar-refractivity contribution in [1.82, 2.24) is 0 Å². The van der Waals surface area contributed by atoms with Gasteiger partial charge in [-0.1, -0.05) is 13.8 Å². The molecule has 1 N–H and O–H groups in total. The maximum atomic E-state index is 10.5. The lowest BCUT2D eigenvalue weighted by atomic mass is 9.93. The smallest absolute Gasteiger partial charge is 0.212 e. The number of aliphatic imine (C=N–C) groups is 2. The summed E-state index contributed by atoms with van der Waals surface area (Å²) < 4.78 is 16.1. The molecule has 6 nitrogen and oxygen atoms in total. The Morgan fingerprint density at radius 2 is 1.60 bits per heavy atom. The Bertz CT molecular complexity index is 435. The van der Waals surface area contributed by atoms with Crippen molar-refractivity contribution in [3.8, 4) is 0 Å². The Morgan fingerprint density at radius 1 is 1.15 bits per heavy atom. The van der Waals surface area contributed by atoms with Crippen molar-refractivity contribution in [3.63, 3.8) is 0 Å². The predicted molar refractivity (Wildman–Crippen MR) is 76.3 cm³/mol. The van der Waals surface area contributed by atoms with Gasteiger partial charge in [-0.15, -0.1) is 0 Å². The largest absolute Gasteiger partial charge is 0.483 e. The second-order valence-corrected chi connectivity index (χ2v) is 5.87. The molecule has 0 radical (unpaired) electrons. The van der Waals surface area contributed by atoms with E-state index in [2.05, 4.69) is 9.98 Å². The van der Waals surface area contributed by atoms with Crippen LogP contribution in [0.5, 0.6) is 0 Å². The topological polar surface area (TPSA) is 75.9 Å². The van der Waals surface area contributed by atoms with E-state index in [-0.39, 0.29) is 18.1 Å². The quantitative estimate of drug-likeness (QED) is 0.785. The molecule has 0 aromatic heterocycles. The summed E-state index contributed by atoms with van der Waals surface area (Å²) in [5.41, 5.74) is -0.600. The predicted octanol–water partition coefficient (Wildman–Crippen LogP) is 1.02. The van der Waals surface area contributed by atoms with E-state index in [1.165, 1.54) is 0 Å². The van der Waals surface area contributed by atoms with Crippen molar-refractivity contribution in [2.75, 3.05) is 14.2 Å². The van der Waals surface area contributed by atoms with Gasteiger partial charge in [-0.05, 0) is 19.8 Å². The molecule has 0 amide bonds. The Morgan fingerprint density at radius 3 is 2.00 bits per heavy atom. The lowest BCUT2D eigenvalue weighted by Crippen LogP contribution is -2.48. The molecule has 0 aliphatic carbocycles.